The van der Waals surface area contributed by atoms with E-state index in [2.05, 4.69) is 18.7 Å². The molecule has 0 N–H and O–H groups in total. The SMILES string of the molecule is CCOC(=O)C=CC=CCN(CC)CC.Cl. The molecule has 4 heteroatoms. The van der Waals surface area contributed by atoms with Crippen molar-refractivity contribution < 1.29 is 9.53 Å². The Balaban J connectivity index is 0. The Labute approximate surface area is 105 Å². The summed E-state index contributed by atoms with van der Waals surface area (Å²) in [5.41, 5.74) is 0. The molecule has 0 aliphatic carbocycles. The molecule has 94 valence electrons. The Morgan fingerprint density at radius 2 is 1.81 bits per heavy atom. The van der Waals surface area contributed by atoms with Crippen molar-refractivity contribution in [2.75, 3.05) is 26.2 Å². The van der Waals surface area contributed by atoms with Crippen molar-refractivity contribution in [2.45, 2.75) is 20.8 Å². The third-order valence-electron chi connectivity index (χ3n) is 2.02. The summed E-state index contributed by atoms with van der Waals surface area (Å²) in [7, 11) is 0. The van der Waals surface area contributed by atoms with Crippen molar-refractivity contribution in [3.63, 3.8) is 0 Å². The molecule has 0 atom stereocenters. The van der Waals surface area contributed by atoms with Crippen molar-refractivity contribution in [1.82, 2.24) is 4.90 Å². The number of carbonyl (C=O) groups excluding carboxylic acids is 1. The van der Waals surface area contributed by atoms with Gasteiger partial charge >= 0.3 is 5.97 Å². The molecule has 0 unspecified atom stereocenters. The van der Waals surface area contributed by atoms with Crippen LogP contribution in [0.2, 0.25) is 0 Å². The molecule has 0 heterocycles. The fourth-order valence-electron chi connectivity index (χ4n) is 1.09. The number of hydrogen-bond acceptors (Lipinski definition) is 3. The van der Waals surface area contributed by atoms with Crippen LogP contribution in [0.15, 0.2) is 24.3 Å². The Morgan fingerprint density at radius 3 is 2.31 bits per heavy atom. The first-order valence-corrected chi connectivity index (χ1v) is 5.46. The Morgan fingerprint density at radius 1 is 1.19 bits per heavy atom. The fourth-order valence-corrected chi connectivity index (χ4v) is 1.09. The summed E-state index contributed by atoms with van der Waals surface area (Å²) < 4.78 is 4.74. The van der Waals surface area contributed by atoms with Crippen LogP contribution >= 0.6 is 12.4 Å². The third kappa shape index (κ3) is 9.74. The zero-order valence-corrected chi connectivity index (χ0v) is 11.1. The molecule has 0 saturated carbocycles. The van der Waals surface area contributed by atoms with E-state index in [0.29, 0.717) is 6.61 Å². The number of likely N-dealkylation sites (N-methyl/N-ethyl adjacent to an activating group) is 1. The maximum Gasteiger partial charge on any atom is 0.330 e. The second-order valence-electron chi connectivity index (χ2n) is 3.03. The van der Waals surface area contributed by atoms with Crippen molar-refractivity contribution in [2.24, 2.45) is 0 Å². The van der Waals surface area contributed by atoms with E-state index in [0.717, 1.165) is 19.6 Å². The number of halogens is 1. The van der Waals surface area contributed by atoms with Gasteiger partial charge in [-0.15, -0.1) is 12.4 Å². The molecule has 0 aliphatic rings. The third-order valence-corrected chi connectivity index (χ3v) is 2.02. The predicted octanol–water partition coefficient (Wildman–Crippen LogP) is 2.43. The van der Waals surface area contributed by atoms with Crippen molar-refractivity contribution in [3.8, 4) is 0 Å². The first kappa shape index (κ1) is 17.6. The van der Waals surface area contributed by atoms with Gasteiger partial charge in [-0.25, -0.2) is 4.79 Å². The predicted molar refractivity (Wildman–Crippen MR) is 69.9 cm³/mol. The highest BCUT2D eigenvalue weighted by atomic mass is 35.5. The largest absolute Gasteiger partial charge is 0.463 e. The van der Waals surface area contributed by atoms with Gasteiger partial charge in [-0.05, 0) is 20.0 Å². The number of carbonyl (C=O) groups is 1. The summed E-state index contributed by atoms with van der Waals surface area (Å²) in [5, 5.41) is 0. The molecule has 0 spiro atoms. The summed E-state index contributed by atoms with van der Waals surface area (Å²) in [6, 6.07) is 0. The molecule has 0 aromatic carbocycles. The van der Waals surface area contributed by atoms with Crippen LogP contribution in [-0.4, -0.2) is 37.1 Å². The van der Waals surface area contributed by atoms with Gasteiger partial charge in [0.2, 0.25) is 0 Å². The van der Waals surface area contributed by atoms with E-state index in [4.69, 9.17) is 4.74 Å². The van der Waals surface area contributed by atoms with Crippen LogP contribution < -0.4 is 0 Å². The molecule has 0 saturated heterocycles. The summed E-state index contributed by atoms with van der Waals surface area (Å²) in [5.74, 6) is -0.287. The van der Waals surface area contributed by atoms with Crippen LogP contribution in [0.1, 0.15) is 20.8 Å². The minimum Gasteiger partial charge on any atom is -0.463 e. The summed E-state index contributed by atoms with van der Waals surface area (Å²) >= 11 is 0. The van der Waals surface area contributed by atoms with Gasteiger partial charge in [0.05, 0.1) is 6.61 Å². The number of rotatable bonds is 7. The van der Waals surface area contributed by atoms with E-state index >= 15 is 0 Å². The molecular formula is C12H22ClNO2. The molecular weight excluding hydrogens is 226 g/mol. The van der Waals surface area contributed by atoms with Crippen LogP contribution in [0.25, 0.3) is 0 Å². The van der Waals surface area contributed by atoms with E-state index in [1.54, 1.807) is 13.0 Å². The van der Waals surface area contributed by atoms with Crippen LogP contribution in [0, 0.1) is 0 Å². The van der Waals surface area contributed by atoms with E-state index in [-0.39, 0.29) is 18.4 Å². The lowest BCUT2D eigenvalue weighted by molar-refractivity contribution is -0.137. The van der Waals surface area contributed by atoms with Gasteiger partial charge in [0.25, 0.3) is 0 Å². The second-order valence-corrected chi connectivity index (χ2v) is 3.03. The highest BCUT2D eigenvalue weighted by molar-refractivity contribution is 5.85. The van der Waals surface area contributed by atoms with Gasteiger partial charge in [0.15, 0.2) is 0 Å². The normalized spacial score (nSPS) is 11.0. The topological polar surface area (TPSA) is 29.5 Å². The van der Waals surface area contributed by atoms with Gasteiger partial charge < -0.3 is 9.64 Å². The van der Waals surface area contributed by atoms with E-state index < -0.39 is 0 Å². The number of allylic oxidation sites excluding steroid dienone is 2. The maximum atomic E-state index is 10.9. The summed E-state index contributed by atoms with van der Waals surface area (Å²) in [6.07, 6.45) is 7.04. The first-order chi connectivity index (χ1) is 7.24. The van der Waals surface area contributed by atoms with E-state index in [9.17, 15) is 4.79 Å². The molecule has 0 amide bonds. The van der Waals surface area contributed by atoms with Crippen molar-refractivity contribution in [1.29, 1.82) is 0 Å². The summed E-state index contributed by atoms with van der Waals surface area (Å²) in [6.45, 7) is 9.48. The van der Waals surface area contributed by atoms with Crippen molar-refractivity contribution >= 4 is 18.4 Å². The molecule has 0 radical (unpaired) electrons. The van der Waals surface area contributed by atoms with E-state index in [1.807, 2.05) is 12.2 Å². The molecule has 0 aromatic rings. The molecule has 0 aromatic heterocycles. The Bertz CT molecular complexity index is 223. The Kier molecular flexibility index (Phi) is 13.5. The number of hydrogen-bond donors (Lipinski definition) is 0. The zero-order chi connectivity index (χ0) is 11.5. The first-order valence-electron chi connectivity index (χ1n) is 5.46. The minimum atomic E-state index is -0.287. The van der Waals surface area contributed by atoms with Crippen LogP contribution in [0.4, 0.5) is 0 Å². The van der Waals surface area contributed by atoms with Gasteiger partial charge in [-0.1, -0.05) is 32.1 Å². The summed E-state index contributed by atoms with van der Waals surface area (Å²) in [4.78, 5) is 13.2. The highest BCUT2D eigenvalue weighted by Crippen LogP contribution is 1.88. The molecule has 0 rings (SSSR count). The van der Waals surface area contributed by atoms with Crippen LogP contribution in [0.5, 0.6) is 0 Å². The highest BCUT2D eigenvalue weighted by Gasteiger charge is 1.93. The zero-order valence-electron chi connectivity index (χ0n) is 10.3. The lowest BCUT2D eigenvalue weighted by atomic mass is 10.4. The minimum absolute atomic E-state index is 0. The van der Waals surface area contributed by atoms with Gasteiger partial charge in [-0.3, -0.25) is 0 Å². The lowest BCUT2D eigenvalue weighted by Gasteiger charge is -2.14. The van der Waals surface area contributed by atoms with Gasteiger partial charge in [0, 0.05) is 12.6 Å². The molecule has 0 bridgehead atoms. The van der Waals surface area contributed by atoms with E-state index in [1.165, 1.54) is 6.08 Å². The average Bonchev–Trinajstić information content (AvgIpc) is 2.24. The second kappa shape index (κ2) is 12.3. The monoisotopic (exact) mass is 247 g/mol. The average molecular weight is 248 g/mol. The maximum absolute atomic E-state index is 10.9. The number of ether oxygens (including phenoxy) is 1. The Hall–Kier alpha value is -0.800. The van der Waals surface area contributed by atoms with Gasteiger partial charge in [-0.2, -0.15) is 0 Å². The lowest BCUT2D eigenvalue weighted by Crippen LogP contribution is -2.22. The van der Waals surface area contributed by atoms with Crippen molar-refractivity contribution in [3.05, 3.63) is 24.3 Å². The smallest absolute Gasteiger partial charge is 0.330 e. The quantitative estimate of drug-likeness (QED) is 0.393. The van der Waals surface area contributed by atoms with Gasteiger partial charge in [0.1, 0.15) is 0 Å². The number of esters is 1. The molecule has 3 nitrogen and oxygen atoms in total. The molecule has 16 heavy (non-hydrogen) atoms. The standard InChI is InChI=1S/C12H21NO2.ClH/c1-4-13(5-2)11-9-7-8-10-12(14)15-6-3;/h7-10H,4-6,11H2,1-3H3;1H. The number of nitrogens with zero attached hydrogens (tertiary/aromatic N) is 1. The molecule has 0 fully saturated rings. The molecule has 0 aliphatic heterocycles. The van der Waals surface area contributed by atoms with Crippen LogP contribution in [-0.2, 0) is 9.53 Å². The fraction of sp³-hybridized carbons (Fsp3) is 0.583. The van der Waals surface area contributed by atoms with Crippen LogP contribution in [0.3, 0.4) is 0 Å².